The van der Waals surface area contributed by atoms with Gasteiger partial charge in [0.1, 0.15) is 6.61 Å². The molecule has 2 saturated carbocycles. The number of ether oxygens (including phenoxy) is 1. The summed E-state index contributed by atoms with van der Waals surface area (Å²) in [6, 6.07) is 0.363. The molecule has 130 valence electrons. The average molecular weight is 330 g/mol. The lowest BCUT2D eigenvalue weighted by Crippen LogP contribution is -2.59. The third-order valence-electron chi connectivity index (χ3n) is 6.29. The maximum absolute atomic E-state index is 12.7. The zero-order valence-electron chi connectivity index (χ0n) is 14.5. The molecular formula is C19H26N2O3. The number of carbonyl (C=O) groups excluding carboxylic acids is 2. The zero-order valence-corrected chi connectivity index (χ0v) is 14.5. The molecule has 4 aliphatic rings. The van der Waals surface area contributed by atoms with Gasteiger partial charge in [-0.3, -0.25) is 4.79 Å². The number of hydrogen-bond donors (Lipinski definition) is 1. The van der Waals surface area contributed by atoms with E-state index in [1.54, 1.807) is 0 Å². The molecule has 24 heavy (non-hydrogen) atoms. The normalized spacial score (nSPS) is 40.2. The molecule has 1 spiro atoms. The Kier molecular flexibility index (Phi) is 3.70. The number of nitrogens with one attached hydrogen (secondary N) is 1. The first-order valence-corrected chi connectivity index (χ1v) is 9.06. The van der Waals surface area contributed by atoms with Crippen LogP contribution in [0.4, 0.5) is 4.79 Å². The first-order chi connectivity index (χ1) is 11.5. The summed E-state index contributed by atoms with van der Waals surface area (Å²) in [4.78, 5) is 25.8. The molecule has 0 aromatic carbocycles. The molecule has 5 nitrogen and oxygen atoms in total. The van der Waals surface area contributed by atoms with Crippen LogP contribution < -0.4 is 5.32 Å². The highest BCUT2D eigenvalue weighted by atomic mass is 16.6. The van der Waals surface area contributed by atoms with E-state index in [1.165, 1.54) is 5.57 Å². The summed E-state index contributed by atoms with van der Waals surface area (Å²) in [7, 11) is 1.94. The fourth-order valence-corrected chi connectivity index (χ4v) is 4.46. The molecular weight excluding hydrogens is 304 g/mol. The van der Waals surface area contributed by atoms with E-state index in [0.29, 0.717) is 37.3 Å². The molecule has 1 N–H and O–H groups in total. The molecule has 1 heterocycles. The van der Waals surface area contributed by atoms with E-state index in [2.05, 4.69) is 30.5 Å². The van der Waals surface area contributed by atoms with Gasteiger partial charge in [-0.15, -0.1) is 0 Å². The number of hydrogen-bond acceptors (Lipinski definition) is 3. The average Bonchev–Trinajstić information content (AvgIpc) is 2.87. The Bertz CT molecular complexity index is 612. The van der Waals surface area contributed by atoms with Gasteiger partial charge in [-0.1, -0.05) is 25.2 Å². The monoisotopic (exact) mass is 330 g/mol. The fourth-order valence-electron chi connectivity index (χ4n) is 4.46. The standard InChI is InChI=1S/C19H26N2O3/c1-12-3-5-13(6-4-12)14-7-16(8-14)21(2)17(22)15-9-19(10-15)11-24-18(23)20-19/h3,5-6,12,14-16H,4,7-11H2,1-2H3,(H,20,23). The van der Waals surface area contributed by atoms with Gasteiger partial charge in [0.05, 0.1) is 5.54 Å². The number of allylic oxidation sites excluding steroid dienone is 4. The van der Waals surface area contributed by atoms with Crippen molar-refractivity contribution < 1.29 is 14.3 Å². The second-order valence-electron chi connectivity index (χ2n) is 8.13. The molecule has 5 heteroatoms. The minimum Gasteiger partial charge on any atom is -0.447 e. The highest BCUT2D eigenvalue weighted by molar-refractivity contribution is 5.81. The maximum atomic E-state index is 12.7. The van der Waals surface area contributed by atoms with E-state index in [0.717, 1.165) is 19.3 Å². The molecule has 1 saturated heterocycles. The molecule has 0 aromatic heterocycles. The summed E-state index contributed by atoms with van der Waals surface area (Å²) in [5, 5.41) is 2.85. The van der Waals surface area contributed by atoms with Crippen LogP contribution >= 0.6 is 0 Å². The van der Waals surface area contributed by atoms with Crippen LogP contribution in [0.1, 0.15) is 39.0 Å². The molecule has 1 atom stereocenters. The lowest BCUT2D eigenvalue weighted by molar-refractivity contribution is -0.144. The summed E-state index contributed by atoms with van der Waals surface area (Å²) in [5.41, 5.74) is 1.19. The second-order valence-corrected chi connectivity index (χ2v) is 8.13. The van der Waals surface area contributed by atoms with Gasteiger partial charge >= 0.3 is 6.09 Å². The van der Waals surface area contributed by atoms with Crippen molar-refractivity contribution in [1.82, 2.24) is 10.2 Å². The van der Waals surface area contributed by atoms with Crippen molar-refractivity contribution in [3.05, 3.63) is 23.8 Å². The Balaban J connectivity index is 1.26. The van der Waals surface area contributed by atoms with Crippen LogP contribution in [-0.4, -0.2) is 42.1 Å². The van der Waals surface area contributed by atoms with E-state index in [4.69, 9.17) is 4.74 Å². The van der Waals surface area contributed by atoms with Gasteiger partial charge in [-0.05, 0) is 49.5 Å². The Labute approximate surface area is 143 Å². The number of rotatable bonds is 3. The first-order valence-electron chi connectivity index (χ1n) is 9.06. The summed E-state index contributed by atoms with van der Waals surface area (Å²) < 4.78 is 4.98. The predicted octanol–water partition coefficient (Wildman–Crippen LogP) is 2.63. The minimum absolute atomic E-state index is 0.0330. The van der Waals surface area contributed by atoms with Crippen molar-refractivity contribution in [2.75, 3.05) is 13.7 Å². The van der Waals surface area contributed by atoms with Gasteiger partial charge in [0.15, 0.2) is 0 Å². The Morgan fingerprint density at radius 3 is 2.71 bits per heavy atom. The first kappa shape index (κ1) is 15.7. The van der Waals surface area contributed by atoms with Gasteiger partial charge < -0.3 is 15.0 Å². The Morgan fingerprint density at radius 1 is 1.38 bits per heavy atom. The number of amides is 2. The third-order valence-corrected chi connectivity index (χ3v) is 6.29. The number of cyclic esters (lactones) is 1. The van der Waals surface area contributed by atoms with Crippen molar-refractivity contribution in [1.29, 1.82) is 0 Å². The number of carbonyl (C=O) groups is 2. The predicted molar refractivity (Wildman–Crippen MR) is 90.2 cm³/mol. The number of alkyl carbamates (subject to hydrolysis) is 1. The van der Waals surface area contributed by atoms with Crippen LogP contribution in [0.5, 0.6) is 0 Å². The summed E-state index contributed by atoms with van der Waals surface area (Å²) in [5.74, 6) is 1.53. The van der Waals surface area contributed by atoms with Gasteiger partial charge in [0, 0.05) is 19.0 Å². The van der Waals surface area contributed by atoms with Crippen LogP contribution in [0.15, 0.2) is 23.8 Å². The van der Waals surface area contributed by atoms with Crippen LogP contribution in [0.25, 0.3) is 0 Å². The summed E-state index contributed by atoms with van der Waals surface area (Å²) in [6.45, 7) is 2.65. The van der Waals surface area contributed by atoms with Crippen LogP contribution in [-0.2, 0) is 9.53 Å². The van der Waals surface area contributed by atoms with Crippen molar-refractivity contribution in [2.24, 2.45) is 17.8 Å². The van der Waals surface area contributed by atoms with Crippen molar-refractivity contribution >= 4 is 12.0 Å². The highest BCUT2D eigenvalue weighted by Crippen LogP contribution is 2.44. The summed E-state index contributed by atoms with van der Waals surface area (Å²) >= 11 is 0. The molecule has 0 bridgehead atoms. The molecule has 2 amide bonds. The lowest BCUT2D eigenvalue weighted by Gasteiger charge is -2.47. The minimum atomic E-state index is -0.348. The quantitative estimate of drug-likeness (QED) is 0.865. The zero-order chi connectivity index (χ0) is 16.9. The van der Waals surface area contributed by atoms with Crippen molar-refractivity contribution in [2.45, 2.75) is 50.6 Å². The van der Waals surface area contributed by atoms with E-state index >= 15 is 0 Å². The third kappa shape index (κ3) is 2.64. The largest absolute Gasteiger partial charge is 0.447 e. The fraction of sp³-hybridized carbons (Fsp3) is 0.684. The van der Waals surface area contributed by atoms with Gasteiger partial charge in [0.2, 0.25) is 5.91 Å². The van der Waals surface area contributed by atoms with Crippen LogP contribution in [0.3, 0.4) is 0 Å². The molecule has 0 aromatic rings. The maximum Gasteiger partial charge on any atom is 0.407 e. The SMILES string of the molecule is CC1C=CC(C2CC(N(C)C(=O)C3CC4(COC(=O)N4)C3)C2)=CC1. The second kappa shape index (κ2) is 5.64. The molecule has 4 rings (SSSR count). The van der Waals surface area contributed by atoms with Crippen molar-refractivity contribution in [3.63, 3.8) is 0 Å². The van der Waals surface area contributed by atoms with E-state index < -0.39 is 0 Å². The highest BCUT2D eigenvalue weighted by Gasteiger charge is 2.53. The van der Waals surface area contributed by atoms with Gasteiger partial charge in [0.25, 0.3) is 0 Å². The van der Waals surface area contributed by atoms with E-state index in [-0.39, 0.29) is 23.5 Å². The van der Waals surface area contributed by atoms with E-state index in [1.807, 2.05) is 11.9 Å². The van der Waals surface area contributed by atoms with E-state index in [9.17, 15) is 9.59 Å². The summed E-state index contributed by atoms with van der Waals surface area (Å²) in [6.07, 6.45) is 11.3. The van der Waals surface area contributed by atoms with Crippen LogP contribution in [0.2, 0.25) is 0 Å². The van der Waals surface area contributed by atoms with Crippen LogP contribution in [0, 0.1) is 17.8 Å². The Morgan fingerprint density at radius 2 is 2.12 bits per heavy atom. The smallest absolute Gasteiger partial charge is 0.407 e. The molecule has 1 aliphatic heterocycles. The van der Waals surface area contributed by atoms with Gasteiger partial charge in [-0.2, -0.15) is 0 Å². The topological polar surface area (TPSA) is 58.6 Å². The lowest BCUT2D eigenvalue weighted by atomic mass is 9.67. The molecule has 1 unspecified atom stereocenters. The van der Waals surface area contributed by atoms with Crippen molar-refractivity contribution in [3.8, 4) is 0 Å². The molecule has 0 radical (unpaired) electrons. The Hall–Kier alpha value is -1.78. The molecule has 3 fully saturated rings. The van der Waals surface area contributed by atoms with Gasteiger partial charge in [-0.25, -0.2) is 4.79 Å². The number of nitrogens with zero attached hydrogens (tertiary/aromatic N) is 1. The molecule has 3 aliphatic carbocycles.